The molecule has 0 heterocycles. The number of hydrogen-bond donors (Lipinski definition) is 0. The minimum Gasteiger partial charge on any atom is -1.00 e. The SMILES string of the molecule is CCCCC(=CC(P)CCCC)CCCC.CCCC[N+](CCCC)(CCCC)CCCC.CCCC[N+](CCCC)(CCCC)Cc1ccccc1.CCCC[P+](CCCC)(CCCC)C(CC)OC.CCCC[P+](CCCC)(CCCC)CCCC.CC[P+](CC)(CC)CC.Cl.[Br-].[Br-].[Br-].[Cl-].[Cl-].[Cl-].c1ccc(C[P+](c2ccccc2)(c2ccccc2)c2ccccc2)cc1. The summed E-state index contributed by atoms with van der Waals surface area (Å²) in [6, 6.07) is 55.1. The molecule has 15 heteroatoms. The summed E-state index contributed by atoms with van der Waals surface area (Å²) in [5, 5.41) is 4.30. The van der Waals surface area contributed by atoms with Crippen molar-refractivity contribution >= 4 is 66.6 Å². The van der Waals surface area contributed by atoms with Crippen LogP contribution in [-0.4, -0.2) is 141 Å². The Bertz CT molecular complexity index is 2760. The van der Waals surface area contributed by atoms with E-state index in [1.807, 2.05) is 7.11 Å². The minimum atomic E-state index is -1.78. The van der Waals surface area contributed by atoms with Gasteiger partial charge in [0.05, 0.1) is 120 Å². The Morgan fingerprint density at radius 3 is 0.792 bits per heavy atom. The lowest BCUT2D eigenvalue weighted by Gasteiger charge is -2.39. The van der Waals surface area contributed by atoms with E-state index in [-0.39, 0.29) is 101 Å². The lowest BCUT2D eigenvalue weighted by atomic mass is 10.0. The summed E-state index contributed by atoms with van der Waals surface area (Å²) in [4.78, 5) is 0. The summed E-state index contributed by atoms with van der Waals surface area (Å²) in [6.07, 6.45) is 72.3. The highest BCUT2D eigenvalue weighted by Gasteiger charge is 2.46. The first-order valence-electron chi connectivity index (χ1n) is 53.2. The van der Waals surface area contributed by atoms with Crippen LogP contribution < -0.4 is 104 Å². The van der Waals surface area contributed by atoms with Gasteiger partial charge in [-0.05, 0) is 197 Å². The van der Waals surface area contributed by atoms with Gasteiger partial charge < -0.3 is 102 Å². The molecule has 0 saturated carbocycles. The Morgan fingerprint density at radius 2 is 0.554 bits per heavy atom. The number of quaternary nitrogens is 2. The minimum absolute atomic E-state index is 0. The maximum atomic E-state index is 5.91. The van der Waals surface area contributed by atoms with Crippen LogP contribution in [0.2, 0.25) is 0 Å². The lowest BCUT2D eigenvalue weighted by molar-refractivity contribution is -0.941. The first kappa shape index (κ1) is 148. The van der Waals surface area contributed by atoms with E-state index in [2.05, 4.69) is 319 Å². The average molecular weight is 2180 g/mol. The van der Waals surface area contributed by atoms with E-state index in [0.717, 1.165) is 6.16 Å². The van der Waals surface area contributed by atoms with Crippen molar-refractivity contribution in [3.63, 3.8) is 0 Å². The van der Waals surface area contributed by atoms with Gasteiger partial charge in [0.1, 0.15) is 29.7 Å². The van der Waals surface area contributed by atoms with E-state index >= 15 is 0 Å². The van der Waals surface area contributed by atoms with Crippen molar-refractivity contribution in [2.24, 2.45) is 0 Å². The molecular formula is C115H216Br3Cl4N2OP5. The molecule has 0 saturated heterocycles. The molecule has 0 radical (unpaired) electrons. The molecule has 0 aliphatic carbocycles. The molecule has 0 aliphatic rings. The van der Waals surface area contributed by atoms with Gasteiger partial charge in [-0.25, -0.2) is 0 Å². The Kier molecular flexibility index (Phi) is 115. The highest BCUT2D eigenvalue weighted by molar-refractivity contribution is 7.95. The number of allylic oxidation sites excluding steroid dienone is 2. The van der Waals surface area contributed by atoms with Crippen LogP contribution in [-0.2, 0) is 17.4 Å². The fraction of sp³-hybridized carbons (Fsp3) is 0.722. The Hall–Kier alpha value is 0.470. The fourth-order valence-corrected chi connectivity index (χ4v) is 36.5. The largest absolute Gasteiger partial charge is 1.00 e. The zero-order valence-corrected chi connectivity index (χ0v) is 102. The van der Waals surface area contributed by atoms with Crippen molar-refractivity contribution in [2.75, 3.05) is 121 Å². The quantitative estimate of drug-likeness (QED) is 0.0214. The predicted molar refractivity (Wildman–Crippen MR) is 594 cm³/mol. The lowest BCUT2D eigenvalue weighted by Crippen LogP contribution is -3.00. The third kappa shape index (κ3) is 67.0. The molecule has 766 valence electrons. The summed E-state index contributed by atoms with van der Waals surface area (Å²) in [5.74, 6) is 0.571. The molecule has 5 rings (SSSR count). The van der Waals surface area contributed by atoms with Crippen molar-refractivity contribution in [2.45, 2.75) is 421 Å². The molecule has 0 amide bonds. The highest BCUT2D eigenvalue weighted by atomic mass is 79.9. The standard InChI is InChI=1S/C25H22P.C19H34N.C16H36N.C16H36OP.C16H36P.C15H31P.C8H20P.3BrH.4ClH/c1-5-13-22(14-6-1)21-26(23-15-7-2-8-16-23,24-17-9-3-10-18-24)25-19-11-4-12-20-25;1-4-7-15-20(16-8-5-2,17-9-6-3)18-19-13-11-10-12-14-19;1-5-9-13-17(14-10-6-2,15-11-7-3)16-12-8-4;1-6-10-13-18(14-11-7-2,15-12-8-3)16(9-4)17-5;1-5-9-13-17(14-10-6-2,15-11-7-3)16-12-8-4;1-4-7-10-14(11-8-5-2)13-15(16)12-9-6-3;1-5-9(6-2,7-3)8-4;;;;;;;/h1-20H,21H2;10-14H,4-9,15-18H2,1-3H3;5-16H2,1-4H3;16H,6-15H2,1-5H3;5-16H2,1-4H3;13,15H,4-12,16H2,1-3H3;5-8H2,1-4H3;7*1H/q5*+1;;+1;;;;;;;/p-6. The molecule has 5 aromatic rings. The van der Waals surface area contributed by atoms with Gasteiger partial charge >= 0.3 is 0 Å². The zero-order chi connectivity index (χ0) is 91.7. The molecule has 0 bridgehead atoms. The molecule has 3 atom stereocenters. The third-order valence-electron chi connectivity index (χ3n) is 26.9. The van der Waals surface area contributed by atoms with Crippen LogP contribution in [0.25, 0.3) is 0 Å². The van der Waals surface area contributed by atoms with Crippen LogP contribution in [0.5, 0.6) is 0 Å². The normalized spacial score (nSPS) is 11.5. The predicted octanol–water partition coefficient (Wildman–Crippen LogP) is 18.8. The smallest absolute Gasteiger partial charge is 0.166 e. The summed E-state index contributed by atoms with van der Waals surface area (Å²) < 4.78 is 8.63. The third-order valence-corrected chi connectivity index (χ3v) is 47.6. The average Bonchev–Trinajstić information content (AvgIpc) is 0.751. The van der Waals surface area contributed by atoms with Gasteiger partial charge in [0.15, 0.2) is 5.85 Å². The van der Waals surface area contributed by atoms with Crippen LogP contribution in [0, 0.1) is 0 Å². The van der Waals surface area contributed by atoms with Crippen LogP contribution in [0.15, 0.2) is 163 Å². The van der Waals surface area contributed by atoms with Crippen LogP contribution in [0.4, 0.5) is 0 Å². The zero-order valence-electron chi connectivity index (χ0n) is 89.5. The molecule has 0 spiro atoms. The second-order valence-corrected chi connectivity index (χ2v) is 55.4. The summed E-state index contributed by atoms with van der Waals surface area (Å²) >= 11 is 0. The second-order valence-electron chi connectivity index (χ2n) is 37.0. The summed E-state index contributed by atoms with van der Waals surface area (Å²) in [6.45, 7) is 62.2. The molecular weight excluding hydrogens is 1960 g/mol. The maximum absolute atomic E-state index is 5.91. The van der Waals surface area contributed by atoms with Gasteiger partial charge in [0.25, 0.3) is 0 Å². The molecule has 3 nitrogen and oxygen atoms in total. The van der Waals surface area contributed by atoms with E-state index in [0.29, 0.717) is 11.5 Å². The fourth-order valence-electron chi connectivity index (χ4n) is 18.2. The van der Waals surface area contributed by atoms with Crippen molar-refractivity contribution in [1.82, 2.24) is 0 Å². The van der Waals surface area contributed by atoms with E-state index < -0.39 is 29.0 Å². The number of nitrogens with zero attached hydrogens (tertiary/aromatic N) is 2. The Balaban J connectivity index is -0.000000189. The molecule has 0 N–H and O–H groups in total. The van der Waals surface area contributed by atoms with Crippen LogP contribution >= 0.6 is 50.7 Å². The first-order chi connectivity index (χ1) is 59.8. The molecule has 0 fully saturated rings. The van der Waals surface area contributed by atoms with Crippen molar-refractivity contribution in [3.8, 4) is 0 Å². The van der Waals surface area contributed by atoms with Crippen molar-refractivity contribution < 1.29 is 102 Å². The van der Waals surface area contributed by atoms with Crippen LogP contribution in [0.3, 0.4) is 0 Å². The number of benzene rings is 5. The first-order valence-corrected chi connectivity index (χ1v) is 63.3. The van der Waals surface area contributed by atoms with Crippen molar-refractivity contribution in [3.05, 3.63) is 174 Å². The highest BCUT2D eigenvalue weighted by Crippen LogP contribution is 2.66. The molecule has 5 aromatic carbocycles. The monoisotopic (exact) mass is 2170 g/mol. The molecule has 0 aliphatic heterocycles. The van der Waals surface area contributed by atoms with Gasteiger partial charge in [0, 0.05) is 40.9 Å². The summed E-state index contributed by atoms with van der Waals surface area (Å²) in [5.41, 5.74) is 5.32. The van der Waals surface area contributed by atoms with Gasteiger partial charge in [-0.3, -0.25) is 0 Å². The maximum Gasteiger partial charge on any atom is 0.166 e. The molecule has 0 aromatic heterocycles. The van der Waals surface area contributed by atoms with Crippen LogP contribution in [0.1, 0.15) is 407 Å². The summed E-state index contributed by atoms with van der Waals surface area (Å²) in [7, 11) is 1.31. The topological polar surface area (TPSA) is 9.23 Å². The Morgan fingerprint density at radius 1 is 0.308 bits per heavy atom. The number of hydrogen-bond acceptors (Lipinski definition) is 1. The number of ether oxygens (including phenoxy) is 1. The number of unbranched alkanes of at least 4 members (excludes halogenated alkanes) is 17. The van der Waals surface area contributed by atoms with Gasteiger partial charge in [0.2, 0.25) is 0 Å². The van der Waals surface area contributed by atoms with E-state index in [4.69, 9.17) is 4.74 Å². The molecule has 3 unspecified atom stereocenters. The van der Waals surface area contributed by atoms with Crippen molar-refractivity contribution in [1.29, 1.82) is 0 Å². The van der Waals surface area contributed by atoms with Gasteiger partial charge in [-0.1, -0.05) is 367 Å². The van der Waals surface area contributed by atoms with E-state index in [9.17, 15) is 0 Å². The van der Waals surface area contributed by atoms with Gasteiger partial charge in [-0.2, -0.15) is 0 Å². The Labute approximate surface area is 876 Å². The van der Waals surface area contributed by atoms with E-state index in [1.54, 1.807) is 30.2 Å². The second kappa shape index (κ2) is 101. The molecule has 130 heavy (non-hydrogen) atoms. The van der Waals surface area contributed by atoms with Gasteiger partial charge in [-0.15, -0.1) is 21.6 Å². The number of halogens is 7. The number of methoxy groups -OCH3 is 1. The van der Waals surface area contributed by atoms with E-state index in [1.165, 1.54) is 375 Å². The number of rotatable bonds is 66.